The van der Waals surface area contributed by atoms with E-state index in [0.29, 0.717) is 6.42 Å². The van der Waals surface area contributed by atoms with Crippen LogP contribution >= 0.6 is 0 Å². The molecule has 118 valence electrons. The fraction of sp³-hybridized carbons (Fsp3) is 0.143. The number of anilines is 1. The fourth-order valence-electron chi connectivity index (χ4n) is 3.11. The van der Waals surface area contributed by atoms with Crippen LogP contribution < -0.4 is 5.32 Å². The Morgan fingerprint density at radius 2 is 1.71 bits per heavy atom. The van der Waals surface area contributed by atoms with Gasteiger partial charge >= 0.3 is 0 Å². The SMILES string of the molecule is O=C1Cc2ccc(-c3cncc(CCc4ccccc4)c3)cc2N1. The fourth-order valence-corrected chi connectivity index (χ4v) is 3.11. The monoisotopic (exact) mass is 314 g/mol. The lowest BCUT2D eigenvalue weighted by Crippen LogP contribution is -2.03. The smallest absolute Gasteiger partial charge is 0.228 e. The van der Waals surface area contributed by atoms with Gasteiger partial charge < -0.3 is 5.32 Å². The highest BCUT2D eigenvalue weighted by atomic mass is 16.1. The van der Waals surface area contributed by atoms with E-state index in [9.17, 15) is 4.79 Å². The highest BCUT2D eigenvalue weighted by molar-refractivity contribution is 5.99. The summed E-state index contributed by atoms with van der Waals surface area (Å²) in [6.07, 6.45) is 6.26. The minimum absolute atomic E-state index is 0.0666. The molecule has 1 aliphatic heterocycles. The van der Waals surface area contributed by atoms with E-state index in [2.05, 4.69) is 46.7 Å². The summed E-state index contributed by atoms with van der Waals surface area (Å²) < 4.78 is 0. The molecule has 1 aliphatic rings. The number of carbonyl (C=O) groups is 1. The molecule has 1 N–H and O–H groups in total. The van der Waals surface area contributed by atoms with Crippen LogP contribution in [0.15, 0.2) is 67.0 Å². The van der Waals surface area contributed by atoms with Gasteiger partial charge in [-0.3, -0.25) is 9.78 Å². The maximum absolute atomic E-state index is 11.5. The van der Waals surface area contributed by atoms with Gasteiger partial charge in [0.25, 0.3) is 0 Å². The molecule has 0 aliphatic carbocycles. The second-order valence-electron chi connectivity index (χ2n) is 6.16. The highest BCUT2D eigenvalue weighted by Crippen LogP contribution is 2.29. The molecule has 0 atom stereocenters. The number of benzene rings is 2. The van der Waals surface area contributed by atoms with Crippen LogP contribution in [0.25, 0.3) is 11.1 Å². The number of hydrogen-bond acceptors (Lipinski definition) is 2. The third-order valence-corrected chi connectivity index (χ3v) is 4.41. The van der Waals surface area contributed by atoms with Crippen molar-refractivity contribution in [1.29, 1.82) is 0 Å². The van der Waals surface area contributed by atoms with Crippen LogP contribution in [0.4, 0.5) is 5.69 Å². The summed E-state index contributed by atoms with van der Waals surface area (Å²) in [4.78, 5) is 15.9. The van der Waals surface area contributed by atoms with Gasteiger partial charge in [0, 0.05) is 23.6 Å². The van der Waals surface area contributed by atoms with Crippen molar-refractivity contribution < 1.29 is 4.79 Å². The van der Waals surface area contributed by atoms with Gasteiger partial charge in [0.05, 0.1) is 6.42 Å². The van der Waals surface area contributed by atoms with Gasteiger partial charge in [-0.1, -0.05) is 42.5 Å². The molecule has 3 heteroatoms. The largest absolute Gasteiger partial charge is 0.326 e. The van der Waals surface area contributed by atoms with Crippen LogP contribution in [0, 0.1) is 0 Å². The Hall–Kier alpha value is -2.94. The Morgan fingerprint density at radius 3 is 2.58 bits per heavy atom. The van der Waals surface area contributed by atoms with E-state index in [1.165, 1.54) is 11.1 Å². The van der Waals surface area contributed by atoms with E-state index in [4.69, 9.17) is 0 Å². The molecule has 0 saturated carbocycles. The second kappa shape index (κ2) is 6.28. The molecule has 4 rings (SSSR count). The van der Waals surface area contributed by atoms with Crippen molar-refractivity contribution in [2.24, 2.45) is 0 Å². The van der Waals surface area contributed by atoms with E-state index in [-0.39, 0.29) is 5.91 Å². The van der Waals surface area contributed by atoms with Gasteiger partial charge in [-0.2, -0.15) is 0 Å². The van der Waals surface area contributed by atoms with Crippen molar-refractivity contribution in [3.63, 3.8) is 0 Å². The number of rotatable bonds is 4. The van der Waals surface area contributed by atoms with Crippen LogP contribution in [-0.4, -0.2) is 10.9 Å². The zero-order chi connectivity index (χ0) is 16.4. The molecule has 1 aromatic heterocycles. The number of fused-ring (bicyclic) bond motifs is 1. The summed E-state index contributed by atoms with van der Waals surface area (Å²) in [5.74, 6) is 0.0666. The van der Waals surface area contributed by atoms with Crippen molar-refractivity contribution >= 4 is 11.6 Å². The first-order valence-electron chi connectivity index (χ1n) is 8.19. The summed E-state index contributed by atoms with van der Waals surface area (Å²) in [5.41, 5.74) is 6.72. The molecule has 0 saturated heterocycles. The zero-order valence-corrected chi connectivity index (χ0v) is 13.3. The Morgan fingerprint density at radius 1 is 0.875 bits per heavy atom. The molecule has 3 nitrogen and oxygen atoms in total. The number of nitrogens with zero attached hydrogens (tertiary/aromatic N) is 1. The number of amides is 1. The molecule has 0 bridgehead atoms. The minimum Gasteiger partial charge on any atom is -0.326 e. The number of aromatic nitrogens is 1. The zero-order valence-electron chi connectivity index (χ0n) is 13.3. The molecule has 0 radical (unpaired) electrons. The van der Waals surface area contributed by atoms with E-state index >= 15 is 0 Å². The van der Waals surface area contributed by atoms with E-state index < -0.39 is 0 Å². The molecule has 0 spiro atoms. The molecule has 3 aromatic rings. The van der Waals surface area contributed by atoms with Crippen molar-refractivity contribution in [2.75, 3.05) is 5.32 Å². The lowest BCUT2D eigenvalue weighted by molar-refractivity contribution is -0.115. The summed E-state index contributed by atoms with van der Waals surface area (Å²) in [6.45, 7) is 0. The maximum atomic E-state index is 11.5. The predicted molar refractivity (Wildman–Crippen MR) is 95.9 cm³/mol. The predicted octanol–water partition coefficient (Wildman–Crippen LogP) is 4.03. The first-order valence-corrected chi connectivity index (χ1v) is 8.19. The van der Waals surface area contributed by atoms with Crippen molar-refractivity contribution in [3.05, 3.63) is 83.7 Å². The third kappa shape index (κ3) is 3.06. The van der Waals surface area contributed by atoms with Crippen LogP contribution in [-0.2, 0) is 24.1 Å². The van der Waals surface area contributed by atoms with E-state index in [1.807, 2.05) is 30.6 Å². The number of pyridine rings is 1. The number of aryl methyl sites for hydroxylation is 2. The van der Waals surface area contributed by atoms with Gasteiger partial charge in [-0.05, 0) is 47.2 Å². The summed E-state index contributed by atoms with van der Waals surface area (Å²) >= 11 is 0. The Balaban J connectivity index is 1.55. The standard InChI is InChI=1S/C21H18N2O/c24-21-12-18-9-8-17(11-20(18)23-21)19-10-16(13-22-14-19)7-6-15-4-2-1-3-5-15/h1-5,8-11,13-14H,6-7,12H2,(H,23,24). The van der Waals surface area contributed by atoms with Crippen molar-refractivity contribution in [3.8, 4) is 11.1 Å². The lowest BCUT2D eigenvalue weighted by Gasteiger charge is -2.07. The third-order valence-electron chi connectivity index (χ3n) is 4.41. The quantitative estimate of drug-likeness (QED) is 0.790. The summed E-state index contributed by atoms with van der Waals surface area (Å²) in [7, 11) is 0. The molecule has 0 fully saturated rings. The van der Waals surface area contributed by atoms with Crippen LogP contribution in [0.1, 0.15) is 16.7 Å². The van der Waals surface area contributed by atoms with Gasteiger partial charge in [0.2, 0.25) is 5.91 Å². The Kier molecular flexibility index (Phi) is 3.83. The first kappa shape index (κ1) is 14.6. The van der Waals surface area contributed by atoms with Gasteiger partial charge in [0.15, 0.2) is 0 Å². The van der Waals surface area contributed by atoms with Crippen molar-refractivity contribution in [1.82, 2.24) is 4.98 Å². The number of nitrogens with one attached hydrogen (secondary N) is 1. The molecule has 2 aromatic carbocycles. The summed E-state index contributed by atoms with van der Waals surface area (Å²) in [5, 5.41) is 2.91. The average Bonchev–Trinajstić information content (AvgIpc) is 3.00. The molecular weight excluding hydrogens is 296 g/mol. The highest BCUT2D eigenvalue weighted by Gasteiger charge is 2.17. The average molecular weight is 314 g/mol. The normalized spacial score (nSPS) is 12.8. The van der Waals surface area contributed by atoms with Gasteiger partial charge in [-0.15, -0.1) is 0 Å². The van der Waals surface area contributed by atoms with Gasteiger partial charge in [-0.25, -0.2) is 0 Å². The van der Waals surface area contributed by atoms with Gasteiger partial charge in [0.1, 0.15) is 0 Å². The lowest BCUT2D eigenvalue weighted by atomic mass is 10.0. The van der Waals surface area contributed by atoms with Crippen molar-refractivity contribution in [2.45, 2.75) is 19.3 Å². The number of hydrogen-bond donors (Lipinski definition) is 1. The Labute approximate surface area is 141 Å². The molecule has 0 unspecified atom stereocenters. The van der Waals surface area contributed by atoms with Crippen LogP contribution in [0.3, 0.4) is 0 Å². The molecule has 2 heterocycles. The van der Waals surface area contributed by atoms with E-state index in [0.717, 1.165) is 35.2 Å². The number of carbonyl (C=O) groups excluding carboxylic acids is 1. The summed E-state index contributed by atoms with van der Waals surface area (Å²) in [6, 6.07) is 18.8. The topological polar surface area (TPSA) is 42.0 Å². The Bertz CT molecular complexity index is 887. The minimum atomic E-state index is 0.0666. The molecule has 1 amide bonds. The van der Waals surface area contributed by atoms with Crippen LogP contribution in [0.2, 0.25) is 0 Å². The second-order valence-corrected chi connectivity index (χ2v) is 6.16. The van der Waals surface area contributed by atoms with Crippen LogP contribution in [0.5, 0.6) is 0 Å². The van der Waals surface area contributed by atoms with E-state index in [1.54, 1.807) is 0 Å². The maximum Gasteiger partial charge on any atom is 0.228 e. The molecular formula is C21H18N2O. The first-order chi connectivity index (χ1) is 11.8. The molecule has 24 heavy (non-hydrogen) atoms.